The van der Waals surface area contributed by atoms with Crippen LogP contribution in [0.3, 0.4) is 0 Å². The fourth-order valence-electron chi connectivity index (χ4n) is 2.62. The van der Waals surface area contributed by atoms with Gasteiger partial charge in [0, 0.05) is 6.54 Å². The Morgan fingerprint density at radius 1 is 1.42 bits per heavy atom. The zero-order valence-electron chi connectivity index (χ0n) is 11.7. The third-order valence-electron chi connectivity index (χ3n) is 4.39. The van der Waals surface area contributed by atoms with Crippen molar-refractivity contribution >= 4 is 5.91 Å². The van der Waals surface area contributed by atoms with E-state index in [1.807, 2.05) is 19.1 Å². The van der Waals surface area contributed by atoms with Crippen molar-refractivity contribution in [2.45, 2.75) is 38.0 Å². The van der Waals surface area contributed by atoms with Gasteiger partial charge in [-0.05, 0) is 55.7 Å². The van der Waals surface area contributed by atoms with Gasteiger partial charge in [-0.1, -0.05) is 12.1 Å². The summed E-state index contributed by atoms with van der Waals surface area (Å²) in [6.45, 7) is 2.87. The molecule has 2 saturated carbocycles. The second-order valence-corrected chi connectivity index (χ2v) is 5.92. The number of ether oxygens (including phenoxy) is 1. The van der Waals surface area contributed by atoms with Crippen LogP contribution >= 0.6 is 0 Å². The molecule has 0 saturated heterocycles. The van der Waals surface area contributed by atoms with Crippen molar-refractivity contribution in [3.8, 4) is 5.75 Å². The van der Waals surface area contributed by atoms with Crippen LogP contribution in [0.2, 0.25) is 0 Å². The highest BCUT2D eigenvalue weighted by atomic mass is 16.5. The third-order valence-corrected chi connectivity index (χ3v) is 4.39. The second kappa shape index (κ2) is 4.55. The lowest BCUT2D eigenvalue weighted by Crippen LogP contribution is -2.35. The molecule has 0 atom stereocenters. The van der Waals surface area contributed by atoms with Gasteiger partial charge in [0.15, 0.2) is 0 Å². The van der Waals surface area contributed by atoms with Gasteiger partial charge in [0.1, 0.15) is 5.75 Å². The summed E-state index contributed by atoms with van der Waals surface area (Å²) in [7, 11) is 1.68. The minimum atomic E-state index is -0.282. The lowest BCUT2D eigenvalue weighted by atomic mass is 9.93. The molecule has 2 aliphatic rings. The van der Waals surface area contributed by atoms with Crippen molar-refractivity contribution < 1.29 is 9.53 Å². The number of rotatable bonds is 5. The zero-order chi connectivity index (χ0) is 13.5. The van der Waals surface area contributed by atoms with Gasteiger partial charge in [0.25, 0.3) is 0 Å². The van der Waals surface area contributed by atoms with Crippen LogP contribution in [-0.2, 0) is 10.2 Å². The topological polar surface area (TPSA) is 38.3 Å². The van der Waals surface area contributed by atoms with E-state index in [4.69, 9.17) is 4.74 Å². The highest BCUT2D eigenvalue weighted by molar-refractivity contribution is 5.91. The van der Waals surface area contributed by atoms with Gasteiger partial charge in [0.05, 0.1) is 12.5 Å². The number of carbonyl (C=O) groups is 1. The van der Waals surface area contributed by atoms with Crippen LogP contribution in [0.4, 0.5) is 0 Å². The molecule has 0 aliphatic heterocycles. The summed E-state index contributed by atoms with van der Waals surface area (Å²) in [6.07, 6.45) is 4.45. The molecule has 1 aromatic rings. The number of amides is 1. The lowest BCUT2D eigenvalue weighted by molar-refractivity contribution is -0.123. The van der Waals surface area contributed by atoms with Crippen LogP contribution < -0.4 is 10.1 Å². The van der Waals surface area contributed by atoms with Crippen molar-refractivity contribution in [2.75, 3.05) is 13.7 Å². The molecule has 0 radical (unpaired) electrons. The van der Waals surface area contributed by atoms with Crippen LogP contribution in [0.1, 0.15) is 36.8 Å². The number of hydrogen-bond acceptors (Lipinski definition) is 2. The first-order valence-electron chi connectivity index (χ1n) is 7.09. The summed E-state index contributed by atoms with van der Waals surface area (Å²) in [5, 5.41) is 3.12. The predicted octanol–water partition coefficient (Wildman–Crippen LogP) is 2.56. The Kier molecular flexibility index (Phi) is 3.00. The Morgan fingerprint density at radius 2 is 2.16 bits per heavy atom. The number of hydrogen-bond donors (Lipinski definition) is 1. The maximum Gasteiger partial charge on any atom is 0.230 e. The highest BCUT2D eigenvalue weighted by Gasteiger charge is 2.51. The third kappa shape index (κ3) is 2.34. The molecule has 0 spiro atoms. The molecule has 102 valence electrons. The minimum Gasteiger partial charge on any atom is -0.496 e. The van der Waals surface area contributed by atoms with Crippen LogP contribution in [0.5, 0.6) is 5.75 Å². The molecule has 0 unspecified atom stereocenters. The van der Waals surface area contributed by atoms with E-state index in [1.165, 1.54) is 12.8 Å². The molecule has 2 fully saturated rings. The minimum absolute atomic E-state index is 0.199. The van der Waals surface area contributed by atoms with Gasteiger partial charge < -0.3 is 10.1 Å². The van der Waals surface area contributed by atoms with E-state index in [9.17, 15) is 4.79 Å². The maximum atomic E-state index is 12.4. The van der Waals surface area contributed by atoms with E-state index in [2.05, 4.69) is 11.4 Å². The van der Waals surface area contributed by atoms with Crippen LogP contribution in [-0.4, -0.2) is 19.6 Å². The molecule has 1 aromatic carbocycles. The molecule has 0 aromatic heterocycles. The zero-order valence-corrected chi connectivity index (χ0v) is 11.7. The van der Waals surface area contributed by atoms with Gasteiger partial charge in [-0.15, -0.1) is 0 Å². The number of methoxy groups -OCH3 is 1. The molecule has 1 amide bonds. The van der Waals surface area contributed by atoms with Gasteiger partial charge in [-0.3, -0.25) is 4.79 Å². The molecular formula is C16H21NO2. The number of aryl methyl sites for hydroxylation is 1. The van der Waals surface area contributed by atoms with Crippen LogP contribution in [0.15, 0.2) is 18.2 Å². The summed E-state index contributed by atoms with van der Waals surface area (Å²) in [4.78, 5) is 12.4. The van der Waals surface area contributed by atoms with Crippen LogP contribution in [0, 0.1) is 12.8 Å². The number of nitrogens with one attached hydrogen (secondary N) is 1. The fraction of sp³-hybridized carbons (Fsp3) is 0.562. The van der Waals surface area contributed by atoms with Gasteiger partial charge in [0.2, 0.25) is 5.91 Å². The first kappa shape index (κ1) is 12.5. The molecule has 0 heterocycles. The molecule has 1 N–H and O–H groups in total. The summed E-state index contributed by atoms with van der Waals surface area (Å²) >= 11 is 0. The van der Waals surface area contributed by atoms with Gasteiger partial charge >= 0.3 is 0 Å². The Bertz CT molecular complexity index is 501. The molecule has 19 heavy (non-hydrogen) atoms. The first-order valence-corrected chi connectivity index (χ1v) is 7.09. The molecule has 3 heteroatoms. The normalized spacial score (nSPS) is 19.9. The quantitative estimate of drug-likeness (QED) is 0.882. The standard InChI is InChI=1S/C16H21NO2/c1-11-3-6-13(9-14(11)19-2)16(7-8-16)15(18)17-10-12-4-5-12/h3,6,9,12H,4-5,7-8,10H2,1-2H3,(H,17,18). The van der Waals surface area contributed by atoms with E-state index >= 15 is 0 Å². The summed E-state index contributed by atoms with van der Waals surface area (Å²) in [6, 6.07) is 6.14. The van der Waals surface area contributed by atoms with E-state index in [0.29, 0.717) is 0 Å². The van der Waals surface area contributed by atoms with Gasteiger partial charge in [-0.2, -0.15) is 0 Å². The second-order valence-electron chi connectivity index (χ2n) is 5.92. The van der Waals surface area contributed by atoms with E-state index < -0.39 is 0 Å². The Morgan fingerprint density at radius 3 is 2.74 bits per heavy atom. The van der Waals surface area contributed by atoms with E-state index in [0.717, 1.165) is 42.2 Å². The number of benzene rings is 1. The molecule has 3 nitrogen and oxygen atoms in total. The molecular weight excluding hydrogens is 238 g/mol. The average molecular weight is 259 g/mol. The smallest absolute Gasteiger partial charge is 0.230 e. The van der Waals surface area contributed by atoms with Crippen molar-refractivity contribution in [3.05, 3.63) is 29.3 Å². The maximum absolute atomic E-state index is 12.4. The Hall–Kier alpha value is -1.51. The Balaban J connectivity index is 1.77. The molecule has 2 aliphatic carbocycles. The molecule has 0 bridgehead atoms. The monoisotopic (exact) mass is 259 g/mol. The van der Waals surface area contributed by atoms with Gasteiger partial charge in [-0.25, -0.2) is 0 Å². The lowest BCUT2D eigenvalue weighted by Gasteiger charge is -2.17. The average Bonchev–Trinajstić information content (AvgIpc) is 3.29. The van der Waals surface area contributed by atoms with Crippen molar-refractivity contribution in [3.63, 3.8) is 0 Å². The molecule has 3 rings (SSSR count). The summed E-state index contributed by atoms with van der Waals surface area (Å²) < 4.78 is 5.36. The van der Waals surface area contributed by atoms with Crippen LogP contribution in [0.25, 0.3) is 0 Å². The summed E-state index contributed by atoms with van der Waals surface area (Å²) in [5.74, 6) is 1.80. The van der Waals surface area contributed by atoms with Crippen molar-refractivity contribution in [1.82, 2.24) is 5.32 Å². The van der Waals surface area contributed by atoms with Crippen molar-refractivity contribution in [1.29, 1.82) is 0 Å². The fourth-order valence-corrected chi connectivity index (χ4v) is 2.62. The SMILES string of the molecule is COc1cc(C2(C(=O)NCC3CC3)CC2)ccc1C. The summed E-state index contributed by atoms with van der Waals surface area (Å²) in [5.41, 5.74) is 1.93. The van der Waals surface area contributed by atoms with E-state index in [1.54, 1.807) is 7.11 Å². The number of carbonyl (C=O) groups excluding carboxylic acids is 1. The van der Waals surface area contributed by atoms with Crippen molar-refractivity contribution in [2.24, 2.45) is 5.92 Å². The largest absolute Gasteiger partial charge is 0.496 e. The highest BCUT2D eigenvalue weighted by Crippen LogP contribution is 2.49. The first-order chi connectivity index (χ1) is 9.15. The Labute approximate surface area is 114 Å². The predicted molar refractivity (Wildman–Crippen MR) is 74.4 cm³/mol. The van der Waals surface area contributed by atoms with E-state index in [-0.39, 0.29) is 11.3 Å².